The summed E-state index contributed by atoms with van der Waals surface area (Å²) in [5.74, 6) is -1.73. The van der Waals surface area contributed by atoms with Crippen LogP contribution in [0.5, 0.6) is 0 Å². The third-order valence-electron chi connectivity index (χ3n) is 4.19. The highest BCUT2D eigenvalue weighted by molar-refractivity contribution is 9.10. The predicted molar refractivity (Wildman–Crippen MR) is 107 cm³/mol. The minimum atomic E-state index is -0.784. The van der Waals surface area contributed by atoms with E-state index in [4.69, 9.17) is 9.47 Å². The Labute approximate surface area is 177 Å². The van der Waals surface area contributed by atoms with Crippen molar-refractivity contribution in [2.45, 2.75) is 45.3 Å². The first-order valence-corrected chi connectivity index (χ1v) is 9.90. The van der Waals surface area contributed by atoms with Gasteiger partial charge in [0.05, 0.1) is 12.7 Å². The molecule has 0 N–H and O–H groups in total. The molecule has 1 atom stereocenters. The molecule has 0 bridgehead atoms. The quantitative estimate of drug-likeness (QED) is 0.370. The Hall–Kier alpha value is -2.42. The molecule has 0 saturated carbocycles. The van der Waals surface area contributed by atoms with Crippen LogP contribution in [0.4, 0.5) is 4.79 Å². The molecule has 1 heterocycles. The second-order valence-corrected chi connectivity index (χ2v) is 8.40. The molecule has 0 spiro atoms. The van der Waals surface area contributed by atoms with Crippen molar-refractivity contribution < 1.29 is 33.4 Å². The normalized spacial score (nSPS) is 16.3. The Balaban J connectivity index is 2.00. The molecule has 0 aliphatic carbocycles. The van der Waals surface area contributed by atoms with Crippen LogP contribution < -0.4 is 0 Å². The van der Waals surface area contributed by atoms with E-state index in [0.29, 0.717) is 23.9 Å². The maximum atomic E-state index is 12.4. The fourth-order valence-electron chi connectivity index (χ4n) is 2.83. The first kappa shape index (κ1) is 22.9. The molecule has 1 fully saturated rings. The largest absolute Gasteiger partial charge is 0.465 e. The van der Waals surface area contributed by atoms with Crippen molar-refractivity contribution >= 4 is 39.7 Å². The van der Waals surface area contributed by atoms with Crippen LogP contribution in [0.1, 0.15) is 54.3 Å². The number of Topliss-reactive ketones (excluding diaryl/α,β-unsaturated/α-hetero) is 1. The third kappa shape index (κ3) is 6.03. The Morgan fingerprint density at radius 2 is 1.90 bits per heavy atom. The van der Waals surface area contributed by atoms with Crippen LogP contribution in [-0.4, -0.2) is 60.6 Å². The van der Waals surface area contributed by atoms with Gasteiger partial charge in [0.2, 0.25) is 0 Å². The number of hydrogen-bond donors (Lipinski definition) is 0. The van der Waals surface area contributed by atoms with Gasteiger partial charge in [-0.2, -0.15) is 0 Å². The summed E-state index contributed by atoms with van der Waals surface area (Å²) in [6, 6.07) is 3.64. The minimum absolute atomic E-state index is 0.191. The Kier molecular flexibility index (Phi) is 7.40. The molecule has 0 unspecified atom stereocenters. The molecule has 9 heteroatoms. The monoisotopic (exact) mass is 469 g/mol. The van der Waals surface area contributed by atoms with Gasteiger partial charge in [0.15, 0.2) is 12.4 Å². The number of esters is 2. The summed E-state index contributed by atoms with van der Waals surface area (Å²) in [6.45, 7) is 5.12. The number of ketones is 1. The number of carbonyl (C=O) groups excluding carboxylic acids is 4. The minimum Gasteiger partial charge on any atom is -0.465 e. The van der Waals surface area contributed by atoms with E-state index in [0.717, 1.165) is 0 Å². The van der Waals surface area contributed by atoms with Crippen molar-refractivity contribution in [3.8, 4) is 0 Å². The van der Waals surface area contributed by atoms with Crippen molar-refractivity contribution in [1.82, 2.24) is 4.90 Å². The smallest absolute Gasteiger partial charge is 0.411 e. The molecule has 1 saturated heterocycles. The zero-order chi connectivity index (χ0) is 21.8. The van der Waals surface area contributed by atoms with E-state index >= 15 is 0 Å². The molecule has 158 valence electrons. The van der Waals surface area contributed by atoms with Gasteiger partial charge in [-0.05, 0) is 61.7 Å². The second kappa shape index (κ2) is 9.39. The van der Waals surface area contributed by atoms with E-state index in [2.05, 4.69) is 20.7 Å². The lowest BCUT2D eigenvalue weighted by Gasteiger charge is -2.27. The highest BCUT2D eigenvalue weighted by Crippen LogP contribution is 2.23. The Morgan fingerprint density at radius 1 is 1.21 bits per heavy atom. The van der Waals surface area contributed by atoms with E-state index in [9.17, 15) is 19.2 Å². The fourth-order valence-corrected chi connectivity index (χ4v) is 3.24. The van der Waals surface area contributed by atoms with Crippen LogP contribution in [0.15, 0.2) is 22.7 Å². The second-order valence-electron chi connectivity index (χ2n) is 7.55. The van der Waals surface area contributed by atoms with Gasteiger partial charge in [0.1, 0.15) is 11.6 Å². The van der Waals surface area contributed by atoms with E-state index in [1.807, 2.05) is 0 Å². The van der Waals surface area contributed by atoms with E-state index in [-0.39, 0.29) is 11.1 Å². The maximum Gasteiger partial charge on any atom is 0.411 e. The molecule has 29 heavy (non-hydrogen) atoms. The van der Waals surface area contributed by atoms with Crippen LogP contribution in [-0.2, 0) is 19.0 Å². The average molecular weight is 470 g/mol. The van der Waals surface area contributed by atoms with Crippen molar-refractivity contribution in [2.24, 2.45) is 0 Å². The zero-order valence-electron chi connectivity index (χ0n) is 16.8. The number of likely N-dealkylation sites (tertiary alicyclic amines) is 1. The Bertz CT molecular complexity index is 816. The molecule has 1 aromatic carbocycles. The molecule has 0 aromatic heterocycles. The summed E-state index contributed by atoms with van der Waals surface area (Å²) >= 11 is 3.22. The first-order chi connectivity index (χ1) is 13.5. The zero-order valence-corrected chi connectivity index (χ0v) is 18.4. The standard InChI is InChI=1S/C20H24BrNO7/c1-20(2,3)29-19(26)22-9-5-6-15(22)18(25)28-11-16(23)12-7-8-14(21)13(10-12)17(24)27-4/h7-8,10,15H,5-6,9,11H2,1-4H3/t15-/m1/s1. The van der Waals surface area contributed by atoms with E-state index < -0.39 is 42.1 Å². The molecule has 1 aliphatic heterocycles. The van der Waals surface area contributed by atoms with Crippen LogP contribution in [0.2, 0.25) is 0 Å². The number of rotatable bonds is 5. The fraction of sp³-hybridized carbons (Fsp3) is 0.500. The number of methoxy groups -OCH3 is 1. The van der Waals surface area contributed by atoms with Crippen molar-refractivity contribution in [3.63, 3.8) is 0 Å². The molecule has 8 nitrogen and oxygen atoms in total. The van der Waals surface area contributed by atoms with Gasteiger partial charge in [-0.15, -0.1) is 0 Å². The van der Waals surface area contributed by atoms with E-state index in [1.165, 1.54) is 24.1 Å². The summed E-state index contributed by atoms with van der Waals surface area (Å²) in [6.07, 6.45) is 0.498. The number of hydrogen-bond acceptors (Lipinski definition) is 7. The van der Waals surface area contributed by atoms with Gasteiger partial charge < -0.3 is 14.2 Å². The summed E-state index contributed by atoms with van der Waals surface area (Å²) in [4.78, 5) is 50.2. The number of ether oxygens (including phenoxy) is 3. The third-order valence-corrected chi connectivity index (χ3v) is 4.88. The maximum absolute atomic E-state index is 12.4. The van der Waals surface area contributed by atoms with Crippen LogP contribution in [0.25, 0.3) is 0 Å². The highest BCUT2D eigenvalue weighted by Gasteiger charge is 2.37. The topological polar surface area (TPSA) is 99.2 Å². The molecule has 2 rings (SSSR count). The lowest BCUT2D eigenvalue weighted by atomic mass is 10.1. The molecule has 0 radical (unpaired) electrons. The van der Waals surface area contributed by atoms with Crippen molar-refractivity contribution in [2.75, 3.05) is 20.3 Å². The molecular weight excluding hydrogens is 446 g/mol. The summed E-state index contributed by atoms with van der Waals surface area (Å²) in [5.41, 5.74) is -0.281. The van der Waals surface area contributed by atoms with Gasteiger partial charge in [-0.3, -0.25) is 9.69 Å². The summed E-state index contributed by atoms with van der Waals surface area (Å²) in [5, 5.41) is 0. The average Bonchev–Trinajstić information content (AvgIpc) is 3.14. The highest BCUT2D eigenvalue weighted by atomic mass is 79.9. The number of halogens is 1. The van der Waals surface area contributed by atoms with Gasteiger partial charge in [0.25, 0.3) is 0 Å². The van der Waals surface area contributed by atoms with Crippen LogP contribution in [0, 0.1) is 0 Å². The lowest BCUT2D eigenvalue weighted by Crippen LogP contribution is -2.44. The summed E-state index contributed by atoms with van der Waals surface area (Å²) < 4.78 is 15.6. The number of amides is 1. The SMILES string of the molecule is COC(=O)c1cc(C(=O)COC(=O)[C@H]2CCCN2C(=O)OC(C)(C)C)ccc1Br. The molecule has 1 amide bonds. The number of benzene rings is 1. The van der Waals surface area contributed by atoms with Crippen LogP contribution in [0.3, 0.4) is 0 Å². The summed E-state index contributed by atoms with van der Waals surface area (Å²) in [7, 11) is 1.24. The molecule has 1 aromatic rings. The predicted octanol–water partition coefficient (Wildman–Crippen LogP) is 3.36. The Morgan fingerprint density at radius 3 is 2.52 bits per heavy atom. The number of carbonyl (C=O) groups is 4. The van der Waals surface area contributed by atoms with Gasteiger partial charge in [-0.25, -0.2) is 14.4 Å². The first-order valence-electron chi connectivity index (χ1n) is 9.11. The van der Waals surface area contributed by atoms with Gasteiger partial charge in [0, 0.05) is 16.6 Å². The molecular formula is C20H24BrNO7. The van der Waals surface area contributed by atoms with Gasteiger partial charge >= 0.3 is 18.0 Å². The lowest BCUT2D eigenvalue weighted by molar-refractivity contribution is -0.147. The van der Waals surface area contributed by atoms with Gasteiger partial charge in [-0.1, -0.05) is 6.07 Å². The van der Waals surface area contributed by atoms with E-state index in [1.54, 1.807) is 26.8 Å². The van der Waals surface area contributed by atoms with Crippen molar-refractivity contribution in [1.29, 1.82) is 0 Å². The van der Waals surface area contributed by atoms with Crippen LogP contribution >= 0.6 is 15.9 Å². The molecule has 1 aliphatic rings. The van der Waals surface area contributed by atoms with Crippen molar-refractivity contribution in [3.05, 3.63) is 33.8 Å². The number of nitrogens with zero attached hydrogens (tertiary/aromatic N) is 1.